The third-order valence-corrected chi connectivity index (χ3v) is 3.61. The summed E-state index contributed by atoms with van der Waals surface area (Å²) in [6.07, 6.45) is 1.95. The van der Waals surface area contributed by atoms with Crippen LogP contribution in [0.5, 0.6) is 5.75 Å². The van der Waals surface area contributed by atoms with Gasteiger partial charge in [-0.3, -0.25) is 0 Å². The first-order valence-electron chi connectivity index (χ1n) is 7.27. The van der Waals surface area contributed by atoms with Gasteiger partial charge in [0.15, 0.2) is 0 Å². The zero-order valence-electron chi connectivity index (χ0n) is 13.5. The standard InChI is InChI=1S/C18H24N2O/c1-13(14-6-9-16(21-5)10-7-14)20-17-11-8-15(12-19-17)18(2,3)4/h6-13H,1-5H3,(H,19,20). The average Bonchev–Trinajstić information content (AvgIpc) is 2.47. The molecule has 1 aromatic heterocycles. The number of nitrogens with one attached hydrogen (secondary N) is 1. The number of benzene rings is 1. The van der Waals surface area contributed by atoms with Crippen molar-refractivity contribution in [1.82, 2.24) is 4.98 Å². The maximum Gasteiger partial charge on any atom is 0.126 e. The van der Waals surface area contributed by atoms with Gasteiger partial charge in [-0.05, 0) is 41.7 Å². The van der Waals surface area contributed by atoms with Crippen molar-refractivity contribution in [2.75, 3.05) is 12.4 Å². The van der Waals surface area contributed by atoms with Gasteiger partial charge in [0.2, 0.25) is 0 Å². The lowest BCUT2D eigenvalue weighted by molar-refractivity contribution is 0.414. The molecule has 0 saturated heterocycles. The van der Waals surface area contributed by atoms with Gasteiger partial charge in [0.1, 0.15) is 11.6 Å². The second-order valence-electron chi connectivity index (χ2n) is 6.32. The molecule has 3 heteroatoms. The Morgan fingerprint density at radius 2 is 1.71 bits per heavy atom. The SMILES string of the molecule is COc1ccc(C(C)Nc2ccc(C(C)(C)C)cn2)cc1. The zero-order chi connectivity index (χ0) is 15.5. The number of anilines is 1. The van der Waals surface area contributed by atoms with E-state index in [-0.39, 0.29) is 11.5 Å². The summed E-state index contributed by atoms with van der Waals surface area (Å²) in [5.41, 5.74) is 2.58. The number of rotatable bonds is 4. The van der Waals surface area contributed by atoms with Crippen molar-refractivity contribution < 1.29 is 4.74 Å². The van der Waals surface area contributed by atoms with Gasteiger partial charge < -0.3 is 10.1 Å². The van der Waals surface area contributed by atoms with E-state index in [1.54, 1.807) is 7.11 Å². The maximum atomic E-state index is 5.18. The molecule has 0 aliphatic rings. The molecular weight excluding hydrogens is 260 g/mol. The van der Waals surface area contributed by atoms with Gasteiger partial charge in [0.05, 0.1) is 7.11 Å². The highest BCUT2D eigenvalue weighted by atomic mass is 16.5. The van der Waals surface area contributed by atoms with Crippen LogP contribution < -0.4 is 10.1 Å². The van der Waals surface area contributed by atoms with Crippen LogP contribution in [-0.2, 0) is 5.41 Å². The van der Waals surface area contributed by atoms with Crippen LogP contribution in [-0.4, -0.2) is 12.1 Å². The van der Waals surface area contributed by atoms with Crippen molar-refractivity contribution in [3.8, 4) is 5.75 Å². The van der Waals surface area contributed by atoms with E-state index in [0.29, 0.717) is 0 Å². The Morgan fingerprint density at radius 3 is 2.19 bits per heavy atom. The number of methoxy groups -OCH3 is 1. The van der Waals surface area contributed by atoms with Crippen molar-refractivity contribution >= 4 is 5.82 Å². The molecule has 3 nitrogen and oxygen atoms in total. The highest BCUT2D eigenvalue weighted by molar-refractivity contribution is 5.41. The molecule has 0 aliphatic heterocycles. The fourth-order valence-electron chi connectivity index (χ4n) is 2.12. The molecule has 0 bridgehead atoms. The van der Waals surface area contributed by atoms with Crippen LogP contribution in [0, 0.1) is 0 Å². The van der Waals surface area contributed by atoms with Crippen molar-refractivity contribution in [3.05, 3.63) is 53.7 Å². The number of nitrogens with zero attached hydrogens (tertiary/aromatic N) is 1. The summed E-state index contributed by atoms with van der Waals surface area (Å²) in [5.74, 6) is 1.77. The monoisotopic (exact) mass is 284 g/mol. The van der Waals surface area contributed by atoms with Crippen molar-refractivity contribution in [2.45, 2.75) is 39.2 Å². The summed E-state index contributed by atoms with van der Waals surface area (Å²) < 4.78 is 5.18. The van der Waals surface area contributed by atoms with E-state index in [1.807, 2.05) is 24.4 Å². The highest BCUT2D eigenvalue weighted by Gasteiger charge is 2.14. The second-order valence-corrected chi connectivity index (χ2v) is 6.32. The number of hydrogen-bond donors (Lipinski definition) is 1. The first-order chi connectivity index (χ1) is 9.90. The largest absolute Gasteiger partial charge is 0.497 e. The molecule has 0 radical (unpaired) electrons. The quantitative estimate of drug-likeness (QED) is 0.893. The van der Waals surface area contributed by atoms with Crippen molar-refractivity contribution in [1.29, 1.82) is 0 Å². The average molecular weight is 284 g/mol. The Bertz CT molecular complexity index is 568. The Labute approximate surface area is 127 Å². The molecule has 0 amide bonds. The molecule has 0 fully saturated rings. The van der Waals surface area contributed by atoms with Crippen LogP contribution in [0.15, 0.2) is 42.6 Å². The number of ether oxygens (including phenoxy) is 1. The molecule has 1 unspecified atom stereocenters. The Kier molecular flexibility index (Phi) is 4.51. The minimum Gasteiger partial charge on any atom is -0.497 e. The molecule has 21 heavy (non-hydrogen) atoms. The normalized spacial score (nSPS) is 12.8. The van der Waals surface area contributed by atoms with E-state index >= 15 is 0 Å². The zero-order valence-corrected chi connectivity index (χ0v) is 13.5. The molecule has 2 rings (SSSR count). The van der Waals surface area contributed by atoms with Crippen LogP contribution in [0.3, 0.4) is 0 Å². The summed E-state index contributed by atoms with van der Waals surface area (Å²) in [4.78, 5) is 4.51. The fraction of sp³-hybridized carbons (Fsp3) is 0.389. The van der Waals surface area contributed by atoms with E-state index in [0.717, 1.165) is 11.6 Å². The third kappa shape index (κ3) is 3.97. The highest BCUT2D eigenvalue weighted by Crippen LogP contribution is 2.24. The fourth-order valence-corrected chi connectivity index (χ4v) is 2.12. The van der Waals surface area contributed by atoms with E-state index < -0.39 is 0 Å². The first kappa shape index (κ1) is 15.4. The molecule has 1 aromatic carbocycles. The molecule has 1 N–H and O–H groups in total. The van der Waals surface area contributed by atoms with Crippen molar-refractivity contribution in [2.24, 2.45) is 0 Å². The second kappa shape index (κ2) is 6.17. The first-order valence-corrected chi connectivity index (χ1v) is 7.27. The van der Waals surface area contributed by atoms with Gasteiger partial charge in [-0.1, -0.05) is 39.0 Å². The van der Waals surface area contributed by atoms with Crippen LogP contribution in [0.4, 0.5) is 5.82 Å². The van der Waals surface area contributed by atoms with E-state index in [9.17, 15) is 0 Å². The number of pyridine rings is 1. The summed E-state index contributed by atoms with van der Waals surface area (Å²) in [6, 6.07) is 12.5. The van der Waals surface area contributed by atoms with Crippen LogP contribution in [0.25, 0.3) is 0 Å². The molecular formula is C18H24N2O. The predicted octanol–water partition coefficient (Wildman–Crippen LogP) is 4.56. The van der Waals surface area contributed by atoms with Crippen molar-refractivity contribution in [3.63, 3.8) is 0 Å². The Hall–Kier alpha value is -2.03. The number of aromatic nitrogens is 1. The lowest BCUT2D eigenvalue weighted by Gasteiger charge is -2.20. The van der Waals surface area contributed by atoms with Gasteiger partial charge >= 0.3 is 0 Å². The molecule has 0 spiro atoms. The summed E-state index contributed by atoms with van der Waals surface area (Å²) in [6.45, 7) is 8.70. The molecule has 0 saturated carbocycles. The van der Waals surface area contributed by atoms with E-state index in [4.69, 9.17) is 4.74 Å². The third-order valence-electron chi connectivity index (χ3n) is 3.61. The topological polar surface area (TPSA) is 34.1 Å². The van der Waals surface area contributed by atoms with Crippen LogP contribution in [0.1, 0.15) is 44.9 Å². The molecule has 1 heterocycles. The smallest absolute Gasteiger partial charge is 0.126 e. The Balaban J connectivity index is 2.06. The molecule has 112 valence electrons. The van der Waals surface area contributed by atoms with E-state index in [1.165, 1.54) is 11.1 Å². The minimum absolute atomic E-state index is 0.132. The molecule has 0 aliphatic carbocycles. The van der Waals surface area contributed by atoms with E-state index in [2.05, 4.69) is 56.2 Å². The summed E-state index contributed by atoms with van der Waals surface area (Å²) >= 11 is 0. The van der Waals surface area contributed by atoms with Gasteiger partial charge in [0, 0.05) is 12.2 Å². The van der Waals surface area contributed by atoms with Gasteiger partial charge in [-0.2, -0.15) is 0 Å². The predicted molar refractivity (Wildman–Crippen MR) is 88.0 cm³/mol. The summed E-state index contributed by atoms with van der Waals surface area (Å²) in [7, 11) is 1.68. The van der Waals surface area contributed by atoms with Gasteiger partial charge in [0.25, 0.3) is 0 Å². The molecule has 2 aromatic rings. The Morgan fingerprint density at radius 1 is 1.05 bits per heavy atom. The minimum atomic E-state index is 0.132. The lowest BCUT2D eigenvalue weighted by atomic mass is 9.88. The lowest BCUT2D eigenvalue weighted by Crippen LogP contribution is -2.12. The van der Waals surface area contributed by atoms with Crippen LogP contribution >= 0.6 is 0 Å². The molecule has 1 atom stereocenters. The van der Waals surface area contributed by atoms with Gasteiger partial charge in [-0.15, -0.1) is 0 Å². The van der Waals surface area contributed by atoms with Gasteiger partial charge in [-0.25, -0.2) is 4.98 Å². The number of hydrogen-bond acceptors (Lipinski definition) is 3. The maximum absolute atomic E-state index is 5.18. The van der Waals surface area contributed by atoms with Crippen LogP contribution in [0.2, 0.25) is 0 Å². The summed E-state index contributed by atoms with van der Waals surface area (Å²) in [5, 5.41) is 3.42.